The molecular formula is C7H5ClF3NO. The Morgan fingerprint density at radius 3 is 2.69 bits per heavy atom. The van der Waals surface area contributed by atoms with Crippen LogP contribution in [0.3, 0.4) is 0 Å². The van der Waals surface area contributed by atoms with Gasteiger partial charge in [-0.05, 0) is 12.1 Å². The Morgan fingerprint density at radius 2 is 2.15 bits per heavy atom. The van der Waals surface area contributed by atoms with Gasteiger partial charge >= 0.3 is 6.18 Å². The highest BCUT2D eigenvalue weighted by Gasteiger charge is 2.28. The molecule has 1 aromatic rings. The molecule has 0 radical (unpaired) electrons. The lowest BCUT2D eigenvalue weighted by Gasteiger charge is -2.08. The molecule has 2 nitrogen and oxygen atoms in total. The van der Waals surface area contributed by atoms with Gasteiger partial charge in [-0.1, -0.05) is 11.6 Å². The van der Waals surface area contributed by atoms with Crippen LogP contribution in [0.4, 0.5) is 13.2 Å². The van der Waals surface area contributed by atoms with Gasteiger partial charge in [0.1, 0.15) is 0 Å². The van der Waals surface area contributed by atoms with Crippen LogP contribution in [0.2, 0.25) is 5.15 Å². The third-order valence-corrected chi connectivity index (χ3v) is 1.40. The van der Waals surface area contributed by atoms with E-state index in [1.54, 1.807) is 0 Å². The molecule has 0 aromatic carbocycles. The summed E-state index contributed by atoms with van der Waals surface area (Å²) in [5.74, 6) is -0.0681. The molecule has 0 aliphatic rings. The Hall–Kier alpha value is -0.970. The van der Waals surface area contributed by atoms with Crippen molar-refractivity contribution >= 4 is 11.6 Å². The van der Waals surface area contributed by atoms with Crippen molar-refractivity contribution in [3.8, 4) is 5.75 Å². The van der Waals surface area contributed by atoms with E-state index in [-0.39, 0.29) is 10.9 Å². The molecule has 72 valence electrons. The fraction of sp³-hybridized carbons (Fsp3) is 0.286. The molecule has 0 saturated heterocycles. The first-order valence-corrected chi connectivity index (χ1v) is 3.67. The fourth-order valence-electron chi connectivity index (χ4n) is 0.639. The number of aromatic nitrogens is 1. The minimum Gasteiger partial charge on any atom is -0.481 e. The molecule has 1 aromatic heterocycles. The molecule has 0 saturated carbocycles. The number of alkyl halides is 3. The maximum atomic E-state index is 11.7. The molecule has 0 amide bonds. The Kier molecular flexibility index (Phi) is 2.98. The van der Waals surface area contributed by atoms with Gasteiger partial charge in [-0.15, -0.1) is 0 Å². The molecule has 0 unspecified atom stereocenters. The van der Waals surface area contributed by atoms with E-state index in [0.717, 1.165) is 0 Å². The number of hydrogen-bond acceptors (Lipinski definition) is 2. The quantitative estimate of drug-likeness (QED) is 0.702. The number of hydrogen-bond donors (Lipinski definition) is 0. The van der Waals surface area contributed by atoms with E-state index in [0.29, 0.717) is 0 Å². The molecule has 0 spiro atoms. The summed E-state index contributed by atoms with van der Waals surface area (Å²) in [6, 6.07) is 2.76. The minimum atomic E-state index is -4.36. The Balaban J connectivity index is 2.60. The predicted octanol–water partition coefficient (Wildman–Crippen LogP) is 2.68. The summed E-state index contributed by atoms with van der Waals surface area (Å²) >= 11 is 5.45. The monoisotopic (exact) mass is 211 g/mol. The number of halogens is 4. The average Bonchev–Trinajstić information content (AvgIpc) is 2.01. The lowest BCUT2D eigenvalue weighted by Crippen LogP contribution is -2.19. The summed E-state index contributed by atoms with van der Waals surface area (Å²) in [5.41, 5.74) is 0. The Labute approximate surface area is 77.3 Å². The number of pyridine rings is 1. The smallest absolute Gasteiger partial charge is 0.422 e. The van der Waals surface area contributed by atoms with Crippen LogP contribution < -0.4 is 4.74 Å². The first-order chi connectivity index (χ1) is 5.99. The Bertz CT molecular complexity index is 289. The lowest BCUT2D eigenvalue weighted by atomic mass is 10.5. The molecule has 0 fully saturated rings. The van der Waals surface area contributed by atoms with E-state index < -0.39 is 12.8 Å². The Morgan fingerprint density at radius 1 is 1.46 bits per heavy atom. The summed E-state index contributed by atoms with van der Waals surface area (Å²) in [6.45, 7) is -1.36. The van der Waals surface area contributed by atoms with Crippen molar-refractivity contribution in [3.63, 3.8) is 0 Å². The second-order valence-corrected chi connectivity index (χ2v) is 2.55. The van der Waals surface area contributed by atoms with Crippen LogP contribution in [0.15, 0.2) is 18.3 Å². The van der Waals surface area contributed by atoms with E-state index in [1.807, 2.05) is 0 Å². The van der Waals surface area contributed by atoms with Crippen molar-refractivity contribution in [2.24, 2.45) is 0 Å². The molecule has 1 rings (SSSR count). The summed E-state index contributed by atoms with van der Waals surface area (Å²) in [5, 5.41) is -0.0771. The summed E-state index contributed by atoms with van der Waals surface area (Å²) in [7, 11) is 0. The SMILES string of the molecule is FC(F)(F)COc1cccnc1Cl. The van der Waals surface area contributed by atoms with Gasteiger partial charge in [-0.25, -0.2) is 4.98 Å². The van der Waals surface area contributed by atoms with Crippen molar-refractivity contribution < 1.29 is 17.9 Å². The summed E-state index contributed by atoms with van der Waals surface area (Å²) in [4.78, 5) is 3.55. The predicted molar refractivity (Wildman–Crippen MR) is 40.8 cm³/mol. The zero-order valence-corrected chi connectivity index (χ0v) is 7.06. The zero-order valence-electron chi connectivity index (χ0n) is 6.31. The molecule has 1 heterocycles. The van der Waals surface area contributed by atoms with Gasteiger partial charge in [0.15, 0.2) is 17.5 Å². The van der Waals surface area contributed by atoms with Gasteiger partial charge < -0.3 is 4.74 Å². The highest BCUT2D eigenvalue weighted by atomic mass is 35.5. The molecule has 0 aliphatic carbocycles. The highest BCUT2D eigenvalue weighted by Crippen LogP contribution is 2.23. The first kappa shape index (κ1) is 10.1. The van der Waals surface area contributed by atoms with Crippen LogP contribution in [0.1, 0.15) is 0 Å². The molecular weight excluding hydrogens is 207 g/mol. The topological polar surface area (TPSA) is 22.1 Å². The van der Waals surface area contributed by atoms with Crippen LogP contribution in [0, 0.1) is 0 Å². The van der Waals surface area contributed by atoms with Crippen LogP contribution in [0.25, 0.3) is 0 Å². The standard InChI is InChI=1S/C7H5ClF3NO/c8-6-5(2-1-3-12-6)13-4-7(9,10)11/h1-3H,4H2. The van der Waals surface area contributed by atoms with Crippen LogP contribution in [-0.4, -0.2) is 17.8 Å². The molecule has 0 atom stereocenters. The maximum absolute atomic E-state index is 11.7. The second-order valence-electron chi connectivity index (χ2n) is 2.20. The molecule has 13 heavy (non-hydrogen) atoms. The van der Waals surface area contributed by atoms with Crippen molar-refractivity contribution in [2.45, 2.75) is 6.18 Å². The van der Waals surface area contributed by atoms with E-state index in [2.05, 4.69) is 9.72 Å². The number of rotatable bonds is 2. The third-order valence-electron chi connectivity index (χ3n) is 1.12. The van der Waals surface area contributed by atoms with Crippen LogP contribution >= 0.6 is 11.6 Å². The van der Waals surface area contributed by atoms with Gasteiger partial charge in [-0.3, -0.25) is 0 Å². The van der Waals surface area contributed by atoms with Crippen molar-refractivity contribution in [3.05, 3.63) is 23.5 Å². The fourth-order valence-corrected chi connectivity index (χ4v) is 0.812. The largest absolute Gasteiger partial charge is 0.481 e. The lowest BCUT2D eigenvalue weighted by molar-refractivity contribution is -0.153. The highest BCUT2D eigenvalue weighted by molar-refractivity contribution is 6.30. The van der Waals surface area contributed by atoms with Gasteiger partial charge in [0, 0.05) is 6.20 Å². The van der Waals surface area contributed by atoms with Gasteiger partial charge in [-0.2, -0.15) is 13.2 Å². The normalized spacial score (nSPS) is 11.4. The first-order valence-electron chi connectivity index (χ1n) is 3.29. The molecule has 0 N–H and O–H groups in total. The summed E-state index contributed by atoms with van der Waals surface area (Å²) < 4.78 is 39.4. The van der Waals surface area contributed by atoms with Gasteiger partial charge in [0.2, 0.25) is 0 Å². The van der Waals surface area contributed by atoms with Crippen molar-refractivity contribution in [1.29, 1.82) is 0 Å². The zero-order chi connectivity index (χ0) is 9.90. The molecule has 0 bridgehead atoms. The molecule has 6 heteroatoms. The van der Waals surface area contributed by atoms with Crippen molar-refractivity contribution in [1.82, 2.24) is 4.98 Å². The summed E-state index contributed by atoms with van der Waals surface area (Å²) in [6.07, 6.45) is -3.00. The van der Waals surface area contributed by atoms with Gasteiger partial charge in [0.05, 0.1) is 0 Å². The number of ether oxygens (including phenoxy) is 1. The van der Waals surface area contributed by atoms with E-state index in [1.165, 1.54) is 18.3 Å². The minimum absolute atomic E-state index is 0.0681. The maximum Gasteiger partial charge on any atom is 0.422 e. The van der Waals surface area contributed by atoms with Crippen molar-refractivity contribution in [2.75, 3.05) is 6.61 Å². The van der Waals surface area contributed by atoms with E-state index in [4.69, 9.17) is 11.6 Å². The number of nitrogens with zero attached hydrogens (tertiary/aromatic N) is 1. The van der Waals surface area contributed by atoms with E-state index in [9.17, 15) is 13.2 Å². The van der Waals surface area contributed by atoms with Gasteiger partial charge in [0.25, 0.3) is 0 Å². The van der Waals surface area contributed by atoms with Crippen LogP contribution in [0.5, 0.6) is 5.75 Å². The third kappa shape index (κ3) is 3.50. The average molecular weight is 212 g/mol. The molecule has 0 aliphatic heterocycles. The van der Waals surface area contributed by atoms with E-state index >= 15 is 0 Å². The second kappa shape index (κ2) is 3.83. The van der Waals surface area contributed by atoms with Crippen LogP contribution in [-0.2, 0) is 0 Å².